The van der Waals surface area contributed by atoms with Crippen molar-refractivity contribution in [3.63, 3.8) is 0 Å². The maximum atomic E-state index is 12.4. The average molecular weight is 368 g/mol. The lowest BCUT2D eigenvalue weighted by atomic mass is 9.65. The van der Waals surface area contributed by atoms with Crippen molar-refractivity contribution in [3.8, 4) is 0 Å². The van der Waals surface area contributed by atoms with Gasteiger partial charge in [-0.05, 0) is 61.0 Å². The van der Waals surface area contributed by atoms with Crippen molar-refractivity contribution >= 4 is 12.0 Å². The van der Waals surface area contributed by atoms with Crippen molar-refractivity contribution in [1.29, 1.82) is 0 Å². The molecule has 0 atom stereocenters. The van der Waals surface area contributed by atoms with Crippen molar-refractivity contribution in [2.75, 3.05) is 13.7 Å². The third-order valence-electron chi connectivity index (χ3n) is 7.60. The number of ether oxygens (including phenoxy) is 1. The SMILES string of the molecule is CNC(=O)C1CC2(COC(=O)N2C2CC(c3ccc(C4(C)CC4)cc3)C2)C1. The van der Waals surface area contributed by atoms with Crippen LogP contribution in [0.1, 0.15) is 62.5 Å². The maximum Gasteiger partial charge on any atom is 0.410 e. The maximum absolute atomic E-state index is 12.4. The van der Waals surface area contributed by atoms with Crippen LogP contribution in [0.25, 0.3) is 0 Å². The van der Waals surface area contributed by atoms with Gasteiger partial charge in [-0.15, -0.1) is 0 Å². The molecule has 1 spiro atoms. The highest BCUT2D eigenvalue weighted by atomic mass is 16.6. The summed E-state index contributed by atoms with van der Waals surface area (Å²) in [6, 6.07) is 9.39. The monoisotopic (exact) mass is 368 g/mol. The lowest BCUT2D eigenvalue weighted by Gasteiger charge is -2.53. The molecular weight excluding hydrogens is 340 g/mol. The molecule has 5 nitrogen and oxygen atoms in total. The van der Waals surface area contributed by atoms with E-state index in [1.165, 1.54) is 24.0 Å². The van der Waals surface area contributed by atoms with E-state index in [1.807, 2.05) is 4.90 Å². The molecule has 0 bridgehead atoms. The highest BCUT2D eigenvalue weighted by molar-refractivity contribution is 5.81. The van der Waals surface area contributed by atoms with E-state index in [9.17, 15) is 9.59 Å². The van der Waals surface area contributed by atoms with Crippen LogP contribution >= 0.6 is 0 Å². The molecule has 4 fully saturated rings. The Labute approximate surface area is 160 Å². The molecule has 4 aliphatic rings. The fourth-order valence-electron chi connectivity index (χ4n) is 5.33. The first kappa shape index (κ1) is 17.1. The highest BCUT2D eigenvalue weighted by Gasteiger charge is 2.60. The molecule has 5 heteroatoms. The molecule has 0 unspecified atom stereocenters. The van der Waals surface area contributed by atoms with Gasteiger partial charge in [0.2, 0.25) is 5.91 Å². The van der Waals surface area contributed by atoms with E-state index in [2.05, 4.69) is 36.5 Å². The van der Waals surface area contributed by atoms with Crippen LogP contribution in [0.5, 0.6) is 0 Å². The smallest absolute Gasteiger partial charge is 0.410 e. The minimum atomic E-state index is -0.242. The molecule has 3 saturated carbocycles. The van der Waals surface area contributed by atoms with Gasteiger partial charge in [0.15, 0.2) is 0 Å². The highest BCUT2D eigenvalue weighted by Crippen LogP contribution is 2.52. The van der Waals surface area contributed by atoms with E-state index in [0.717, 1.165) is 25.7 Å². The quantitative estimate of drug-likeness (QED) is 0.887. The molecular formula is C22H28N2O3. The second kappa shape index (κ2) is 5.73. The molecule has 0 aromatic heterocycles. The van der Waals surface area contributed by atoms with Crippen LogP contribution in [0.4, 0.5) is 4.79 Å². The molecule has 0 radical (unpaired) electrons. The van der Waals surface area contributed by atoms with Crippen LogP contribution < -0.4 is 5.32 Å². The molecule has 1 aliphatic heterocycles. The van der Waals surface area contributed by atoms with Gasteiger partial charge in [-0.3, -0.25) is 9.69 Å². The van der Waals surface area contributed by atoms with Gasteiger partial charge in [0, 0.05) is 19.0 Å². The van der Waals surface area contributed by atoms with Gasteiger partial charge >= 0.3 is 6.09 Å². The molecule has 1 aromatic rings. The summed E-state index contributed by atoms with van der Waals surface area (Å²) in [5.74, 6) is 0.617. The number of amides is 2. The molecule has 1 N–H and O–H groups in total. The van der Waals surface area contributed by atoms with E-state index >= 15 is 0 Å². The third kappa shape index (κ3) is 2.58. The Kier molecular flexibility index (Phi) is 3.62. The predicted octanol–water partition coefficient (Wildman–Crippen LogP) is 3.33. The van der Waals surface area contributed by atoms with Crippen molar-refractivity contribution < 1.29 is 14.3 Å². The zero-order valence-corrected chi connectivity index (χ0v) is 16.2. The van der Waals surface area contributed by atoms with Crippen molar-refractivity contribution in [2.24, 2.45) is 5.92 Å². The summed E-state index contributed by atoms with van der Waals surface area (Å²) in [6.45, 7) is 2.78. The molecule has 27 heavy (non-hydrogen) atoms. The zero-order valence-electron chi connectivity index (χ0n) is 16.2. The lowest BCUT2D eigenvalue weighted by molar-refractivity contribution is -0.133. The number of benzene rings is 1. The molecule has 2 amide bonds. The molecule has 1 aromatic carbocycles. The Morgan fingerprint density at radius 3 is 2.44 bits per heavy atom. The summed E-state index contributed by atoms with van der Waals surface area (Å²) >= 11 is 0. The number of carbonyl (C=O) groups is 2. The average Bonchev–Trinajstić information content (AvgIpc) is 3.27. The van der Waals surface area contributed by atoms with Gasteiger partial charge in [0.25, 0.3) is 0 Å². The van der Waals surface area contributed by atoms with E-state index in [0.29, 0.717) is 17.9 Å². The van der Waals surface area contributed by atoms with Crippen LogP contribution in [0, 0.1) is 5.92 Å². The minimum Gasteiger partial charge on any atom is -0.447 e. The van der Waals surface area contributed by atoms with Crippen LogP contribution in [-0.2, 0) is 14.9 Å². The fourth-order valence-corrected chi connectivity index (χ4v) is 5.33. The summed E-state index contributed by atoms with van der Waals surface area (Å²) in [5.41, 5.74) is 3.02. The van der Waals surface area contributed by atoms with Gasteiger partial charge in [0.1, 0.15) is 6.61 Å². The van der Waals surface area contributed by atoms with Crippen molar-refractivity contribution in [2.45, 2.75) is 68.4 Å². The fraction of sp³-hybridized carbons (Fsp3) is 0.636. The van der Waals surface area contributed by atoms with Crippen LogP contribution in [-0.4, -0.2) is 42.1 Å². The van der Waals surface area contributed by atoms with Crippen molar-refractivity contribution in [3.05, 3.63) is 35.4 Å². The van der Waals surface area contributed by atoms with Crippen LogP contribution in [0.2, 0.25) is 0 Å². The number of cyclic esters (lactones) is 1. The molecule has 144 valence electrons. The summed E-state index contributed by atoms with van der Waals surface area (Å²) in [4.78, 5) is 26.2. The Bertz CT molecular complexity index is 771. The van der Waals surface area contributed by atoms with Gasteiger partial charge in [-0.1, -0.05) is 31.2 Å². The van der Waals surface area contributed by atoms with E-state index in [4.69, 9.17) is 4.74 Å². The lowest BCUT2D eigenvalue weighted by Crippen LogP contribution is -2.63. The Morgan fingerprint density at radius 1 is 1.19 bits per heavy atom. The van der Waals surface area contributed by atoms with E-state index < -0.39 is 0 Å². The van der Waals surface area contributed by atoms with Gasteiger partial charge < -0.3 is 10.1 Å². The van der Waals surface area contributed by atoms with E-state index in [1.54, 1.807) is 7.05 Å². The topological polar surface area (TPSA) is 58.6 Å². The Morgan fingerprint density at radius 2 is 1.85 bits per heavy atom. The number of rotatable bonds is 4. The van der Waals surface area contributed by atoms with Gasteiger partial charge in [-0.2, -0.15) is 0 Å². The molecule has 1 heterocycles. The number of nitrogens with one attached hydrogen (secondary N) is 1. The summed E-state index contributed by atoms with van der Waals surface area (Å²) < 4.78 is 5.40. The minimum absolute atomic E-state index is 0.0132. The molecule has 1 saturated heterocycles. The first-order valence-electron chi connectivity index (χ1n) is 10.2. The summed E-state index contributed by atoms with van der Waals surface area (Å²) in [5, 5.41) is 2.72. The third-order valence-corrected chi connectivity index (χ3v) is 7.60. The molecule has 3 aliphatic carbocycles. The number of nitrogens with zero attached hydrogens (tertiary/aromatic N) is 1. The van der Waals surface area contributed by atoms with Gasteiger partial charge in [-0.25, -0.2) is 4.79 Å². The predicted molar refractivity (Wildman–Crippen MR) is 101 cm³/mol. The normalized spacial score (nSPS) is 36.0. The van der Waals surface area contributed by atoms with Crippen molar-refractivity contribution in [1.82, 2.24) is 10.2 Å². The van der Waals surface area contributed by atoms with Crippen LogP contribution in [0.15, 0.2) is 24.3 Å². The Hall–Kier alpha value is -2.04. The summed E-state index contributed by atoms with van der Waals surface area (Å²) in [7, 11) is 1.67. The first-order chi connectivity index (χ1) is 12.9. The van der Waals surface area contributed by atoms with Crippen LogP contribution in [0.3, 0.4) is 0 Å². The standard InChI is InChI=1S/C22H28N2O3/c1-21(7-8-21)17-5-3-14(4-6-17)15-9-18(10-15)24-20(26)27-13-22(24)11-16(12-22)19(25)23-2/h3-6,15-16,18H,7-13H2,1-2H3,(H,23,25). The second-order valence-electron chi connectivity index (χ2n) is 9.37. The summed E-state index contributed by atoms with van der Waals surface area (Å²) in [6.07, 6.45) is 5.86. The van der Waals surface area contributed by atoms with Gasteiger partial charge in [0.05, 0.1) is 5.54 Å². The number of hydrogen-bond acceptors (Lipinski definition) is 3. The number of carbonyl (C=O) groups excluding carboxylic acids is 2. The van der Waals surface area contributed by atoms with E-state index in [-0.39, 0.29) is 29.5 Å². The number of hydrogen-bond donors (Lipinski definition) is 1. The first-order valence-corrected chi connectivity index (χ1v) is 10.2. The Balaban J connectivity index is 1.23. The second-order valence-corrected chi connectivity index (χ2v) is 9.37. The largest absolute Gasteiger partial charge is 0.447 e. The zero-order chi connectivity index (χ0) is 18.8. The molecule has 5 rings (SSSR count).